The lowest BCUT2D eigenvalue weighted by Gasteiger charge is -2.41. The van der Waals surface area contributed by atoms with E-state index in [2.05, 4.69) is 20.8 Å². The third kappa shape index (κ3) is 3.65. The predicted molar refractivity (Wildman–Crippen MR) is 90.6 cm³/mol. The minimum Gasteiger partial charge on any atom is -0.339 e. The van der Waals surface area contributed by atoms with Crippen LogP contribution >= 0.6 is 15.9 Å². The summed E-state index contributed by atoms with van der Waals surface area (Å²) in [5.74, 6) is 2.63. The fourth-order valence-electron chi connectivity index (χ4n) is 4.96. The Balaban J connectivity index is 1.63. The lowest BCUT2D eigenvalue weighted by molar-refractivity contribution is -0.139. The molecule has 0 bridgehead atoms. The Hall–Kier alpha value is -0.0500. The SMILES string of the molecule is O=C(C1CCC2CCCCC2C1)N1CCCCCC1CBr. The average Bonchev–Trinajstić information content (AvgIpc) is 2.79. The number of amides is 1. The fourth-order valence-corrected chi connectivity index (χ4v) is 5.63. The minimum atomic E-state index is 0.337. The maximum Gasteiger partial charge on any atom is 0.225 e. The molecule has 3 fully saturated rings. The van der Waals surface area contributed by atoms with Crippen LogP contribution in [0, 0.1) is 17.8 Å². The molecule has 120 valence electrons. The summed E-state index contributed by atoms with van der Waals surface area (Å²) >= 11 is 3.64. The highest BCUT2D eigenvalue weighted by Gasteiger charge is 2.37. The van der Waals surface area contributed by atoms with Gasteiger partial charge in [-0.15, -0.1) is 0 Å². The van der Waals surface area contributed by atoms with Crippen molar-refractivity contribution in [1.82, 2.24) is 4.90 Å². The summed E-state index contributed by atoms with van der Waals surface area (Å²) in [6.45, 7) is 1.000. The molecule has 1 heterocycles. The van der Waals surface area contributed by atoms with Gasteiger partial charge in [0.05, 0.1) is 0 Å². The molecule has 1 saturated heterocycles. The Bertz CT molecular complexity index is 359. The van der Waals surface area contributed by atoms with Gasteiger partial charge in [-0.3, -0.25) is 4.79 Å². The predicted octanol–water partition coefficient (Wildman–Crippen LogP) is 4.76. The number of halogens is 1. The van der Waals surface area contributed by atoms with E-state index in [1.165, 1.54) is 64.2 Å². The maximum atomic E-state index is 13.1. The van der Waals surface area contributed by atoms with Gasteiger partial charge in [-0.25, -0.2) is 0 Å². The summed E-state index contributed by atoms with van der Waals surface area (Å²) in [5.41, 5.74) is 0. The second kappa shape index (κ2) is 7.48. The summed E-state index contributed by atoms with van der Waals surface area (Å²) in [5, 5.41) is 0.956. The van der Waals surface area contributed by atoms with Gasteiger partial charge in [-0.2, -0.15) is 0 Å². The van der Waals surface area contributed by atoms with Crippen LogP contribution in [0.1, 0.15) is 70.6 Å². The Labute approximate surface area is 138 Å². The highest BCUT2D eigenvalue weighted by atomic mass is 79.9. The van der Waals surface area contributed by atoms with Gasteiger partial charge in [0.1, 0.15) is 0 Å². The van der Waals surface area contributed by atoms with Crippen molar-refractivity contribution in [2.24, 2.45) is 17.8 Å². The first kappa shape index (κ1) is 15.8. The molecule has 2 saturated carbocycles. The van der Waals surface area contributed by atoms with Crippen molar-refractivity contribution in [2.45, 2.75) is 76.7 Å². The fraction of sp³-hybridized carbons (Fsp3) is 0.944. The van der Waals surface area contributed by atoms with E-state index in [-0.39, 0.29) is 0 Å². The van der Waals surface area contributed by atoms with Crippen LogP contribution in [0.5, 0.6) is 0 Å². The van der Waals surface area contributed by atoms with E-state index in [1.807, 2.05) is 0 Å². The normalized spacial score (nSPS) is 37.7. The molecule has 4 atom stereocenters. The molecule has 4 unspecified atom stereocenters. The van der Waals surface area contributed by atoms with Crippen molar-refractivity contribution < 1.29 is 4.79 Å². The van der Waals surface area contributed by atoms with Gasteiger partial charge >= 0.3 is 0 Å². The summed E-state index contributed by atoms with van der Waals surface area (Å²) in [4.78, 5) is 15.3. The molecular formula is C18H30BrNO. The van der Waals surface area contributed by atoms with E-state index in [9.17, 15) is 4.79 Å². The van der Waals surface area contributed by atoms with Gasteiger partial charge in [-0.05, 0) is 43.9 Å². The van der Waals surface area contributed by atoms with E-state index in [0.29, 0.717) is 17.9 Å². The molecule has 3 aliphatic rings. The standard InChI is InChI=1S/C18H30BrNO/c19-13-17-8-2-1-5-11-20(17)18(21)16-10-9-14-6-3-4-7-15(14)12-16/h14-17H,1-13H2. The number of fused-ring (bicyclic) bond motifs is 1. The smallest absolute Gasteiger partial charge is 0.225 e. The number of carbonyl (C=O) groups is 1. The summed E-state index contributed by atoms with van der Waals surface area (Å²) in [7, 11) is 0. The van der Waals surface area contributed by atoms with Crippen molar-refractivity contribution in [3.8, 4) is 0 Å². The van der Waals surface area contributed by atoms with Crippen LogP contribution < -0.4 is 0 Å². The molecule has 1 aliphatic heterocycles. The lowest BCUT2D eigenvalue weighted by atomic mass is 9.67. The van der Waals surface area contributed by atoms with Crippen LogP contribution in [0.15, 0.2) is 0 Å². The van der Waals surface area contributed by atoms with E-state index < -0.39 is 0 Å². The molecule has 0 spiro atoms. The highest BCUT2D eigenvalue weighted by molar-refractivity contribution is 9.09. The number of nitrogens with zero attached hydrogens (tertiary/aromatic N) is 1. The van der Waals surface area contributed by atoms with Crippen LogP contribution in [0.3, 0.4) is 0 Å². The molecule has 3 rings (SSSR count). The van der Waals surface area contributed by atoms with Crippen molar-refractivity contribution in [3.63, 3.8) is 0 Å². The van der Waals surface area contributed by atoms with Gasteiger partial charge in [-0.1, -0.05) is 54.5 Å². The molecular weight excluding hydrogens is 326 g/mol. The zero-order chi connectivity index (χ0) is 14.7. The first-order chi connectivity index (χ1) is 10.3. The van der Waals surface area contributed by atoms with Gasteiger partial charge in [0, 0.05) is 23.8 Å². The first-order valence-electron chi connectivity index (χ1n) is 9.16. The first-order valence-corrected chi connectivity index (χ1v) is 10.3. The molecule has 0 aromatic heterocycles. The summed E-state index contributed by atoms with van der Waals surface area (Å²) < 4.78 is 0. The Morgan fingerprint density at radius 2 is 1.67 bits per heavy atom. The third-order valence-corrected chi connectivity index (χ3v) is 6.97. The average molecular weight is 356 g/mol. The number of alkyl halides is 1. The van der Waals surface area contributed by atoms with Crippen molar-refractivity contribution >= 4 is 21.8 Å². The molecule has 2 aliphatic carbocycles. The second-order valence-corrected chi connectivity index (χ2v) is 8.15. The van der Waals surface area contributed by atoms with E-state index >= 15 is 0 Å². The van der Waals surface area contributed by atoms with Gasteiger partial charge in [0.2, 0.25) is 5.91 Å². The van der Waals surface area contributed by atoms with Crippen molar-refractivity contribution in [3.05, 3.63) is 0 Å². The van der Waals surface area contributed by atoms with Crippen LogP contribution in [0.2, 0.25) is 0 Å². The summed E-state index contributed by atoms with van der Waals surface area (Å²) in [6, 6.07) is 0.448. The highest BCUT2D eigenvalue weighted by Crippen LogP contribution is 2.43. The number of carbonyl (C=O) groups excluding carboxylic acids is 1. The lowest BCUT2D eigenvalue weighted by Crippen LogP contribution is -2.46. The summed E-state index contributed by atoms with van der Waals surface area (Å²) in [6.07, 6.45) is 14.3. The number of hydrogen-bond acceptors (Lipinski definition) is 1. The molecule has 0 N–H and O–H groups in total. The van der Waals surface area contributed by atoms with Crippen molar-refractivity contribution in [2.75, 3.05) is 11.9 Å². The third-order valence-electron chi connectivity index (χ3n) is 6.23. The van der Waals surface area contributed by atoms with Crippen LogP contribution in [-0.2, 0) is 4.79 Å². The van der Waals surface area contributed by atoms with E-state index in [1.54, 1.807) is 0 Å². The Morgan fingerprint density at radius 3 is 2.48 bits per heavy atom. The Kier molecular flexibility index (Phi) is 5.64. The maximum absolute atomic E-state index is 13.1. The molecule has 21 heavy (non-hydrogen) atoms. The number of rotatable bonds is 2. The van der Waals surface area contributed by atoms with Crippen LogP contribution in [0.25, 0.3) is 0 Å². The molecule has 0 aromatic rings. The number of likely N-dealkylation sites (tertiary alicyclic amines) is 1. The monoisotopic (exact) mass is 355 g/mol. The molecule has 2 nitrogen and oxygen atoms in total. The Morgan fingerprint density at radius 1 is 0.905 bits per heavy atom. The minimum absolute atomic E-state index is 0.337. The molecule has 0 radical (unpaired) electrons. The van der Waals surface area contributed by atoms with Gasteiger partial charge < -0.3 is 4.90 Å². The van der Waals surface area contributed by atoms with E-state index in [0.717, 1.165) is 30.1 Å². The van der Waals surface area contributed by atoms with E-state index in [4.69, 9.17) is 0 Å². The van der Waals surface area contributed by atoms with Gasteiger partial charge in [0.15, 0.2) is 0 Å². The molecule has 1 amide bonds. The van der Waals surface area contributed by atoms with Crippen molar-refractivity contribution in [1.29, 1.82) is 0 Å². The zero-order valence-corrected chi connectivity index (χ0v) is 14.8. The molecule has 3 heteroatoms. The largest absolute Gasteiger partial charge is 0.339 e. The van der Waals surface area contributed by atoms with Crippen LogP contribution in [-0.4, -0.2) is 28.7 Å². The zero-order valence-electron chi connectivity index (χ0n) is 13.2. The topological polar surface area (TPSA) is 20.3 Å². The molecule has 0 aromatic carbocycles. The quantitative estimate of drug-likeness (QED) is 0.654. The number of hydrogen-bond donors (Lipinski definition) is 0. The second-order valence-electron chi connectivity index (χ2n) is 7.50. The van der Waals surface area contributed by atoms with Crippen LogP contribution in [0.4, 0.5) is 0 Å². The van der Waals surface area contributed by atoms with Gasteiger partial charge in [0.25, 0.3) is 0 Å².